The smallest absolute Gasteiger partial charge is 0.233 e. The van der Waals surface area contributed by atoms with Crippen LogP contribution < -0.4 is 4.72 Å². The van der Waals surface area contributed by atoms with Gasteiger partial charge >= 0.3 is 0 Å². The first-order chi connectivity index (χ1) is 15.0. The van der Waals surface area contributed by atoms with E-state index in [0.29, 0.717) is 6.42 Å². The molecular weight excluding hydrogens is 410 g/mol. The summed E-state index contributed by atoms with van der Waals surface area (Å²) in [5, 5.41) is -1.86. The minimum atomic E-state index is -3.75. The molecule has 0 aromatic rings. The van der Waals surface area contributed by atoms with Crippen molar-refractivity contribution in [3.8, 4) is 0 Å². The Labute approximate surface area is 189 Å². The summed E-state index contributed by atoms with van der Waals surface area (Å²) in [6.07, 6.45) is 0.370. The number of sulfonamides is 1. The fraction of sp³-hybridized carbons (Fsp3) is 0.667. The van der Waals surface area contributed by atoms with Crippen LogP contribution in [0.4, 0.5) is 0 Å². The number of hydrogen-bond acceptors (Lipinski definition) is 5. The SMILES string of the molecule is C.[2H]/C(C)=C(/[2H])C(=O)CC(C)C.[2H]/C(C)=C(/[2H])S(=O)(=O)C(C)C.[2H]/C(C)=C(/[2H])S(=O)(=O)NC(C)C. The van der Waals surface area contributed by atoms with Gasteiger partial charge in [0.2, 0.25) is 10.0 Å². The van der Waals surface area contributed by atoms with Crippen molar-refractivity contribution >= 4 is 25.6 Å². The van der Waals surface area contributed by atoms with E-state index in [0.717, 1.165) is 0 Å². The Kier molecular flexibility index (Phi) is 14.5. The van der Waals surface area contributed by atoms with Gasteiger partial charge in [0.25, 0.3) is 0 Å². The summed E-state index contributed by atoms with van der Waals surface area (Å²) >= 11 is 0. The molecule has 0 aliphatic rings. The van der Waals surface area contributed by atoms with Crippen molar-refractivity contribution in [2.75, 3.05) is 0 Å². The molecule has 29 heavy (non-hydrogen) atoms. The molecule has 0 atom stereocenters. The van der Waals surface area contributed by atoms with E-state index in [1.807, 2.05) is 13.8 Å². The zero-order valence-corrected chi connectivity index (χ0v) is 19.9. The standard InChI is InChI=1S/C8H14O.C6H13NO2S.C6H12O2S.CH4/c1-4-5-8(9)6-7(2)3;1-4-5-10(8,9)7-6(2)3;1-4-5-9(7,8)6(2)3;/h4-5,7H,6H2,1-3H3;4-7H,1-3H3;4-6H,1-3H3;1H4/b3*5-4+;/i3*4D,5D;. The van der Waals surface area contributed by atoms with Gasteiger partial charge in [-0.25, -0.2) is 21.6 Å². The number of hydrogen-bond donors (Lipinski definition) is 1. The lowest BCUT2D eigenvalue weighted by Crippen LogP contribution is -2.28. The zero-order valence-electron chi connectivity index (χ0n) is 24.3. The summed E-state index contributed by atoms with van der Waals surface area (Å²) in [5.41, 5.74) is 0. The van der Waals surface area contributed by atoms with Gasteiger partial charge in [-0.2, -0.15) is 0 Å². The molecule has 0 radical (unpaired) electrons. The van der Waals surface area contributed by atoms with Crippen LogP contribution in [0.3, 0.4) is 0 Å². The van der Waals surface area contributed by atoms with Crippen molar-refractivity contribution in [1.29, 1.82) is 0 Å². The van der Waals surface area contributed by atoms with Crippen LogP contribution in [0.15, 0.2) is 35.0 Å². The van der Waals surface area contributed by atoms with Gasteiger partial charge in [-0.05, 0) is 60.4 Å². The third-order valence-electron chi connectivity index (χ3n) is 2.35. The average Bonchev–Trinajstić information content (AvgIpc) is 2.64. The highest BCUT2D eigenvalue weighted by Crippen LogP contribution is 2.01. The predicted octanol–water partition coefficient (Wildman–Crippen LogP) is 5.00. The van der Waals surface area contributed by atoms with Gasteiger partial charge in [0, 0.05) is 23.2 Å². The first-order valence-corrected chi connectivity index (χ1v) is 11.8. The molecular formula is C21H43NO5S2. The molecule has 0 aromatic carbocycles. The Morgan fingerprint density at radius 3 is 1.59 bits per heavy atom. The molecule has 8 heteroatoms. The lowest BCUT2D eigenvalue weighted by Gasteiger charge is -2.04. The molecule has 0 aromatic heterocycles. The minimum absolute atomic E-state index is 0. The van der Waals surface area contributed by atoms with Gasteiger partial charge in [-0.3, -0.25) is 4.79 Å². The molecule has 0 bridgehead atoms. The second kappa shape index (κ2) is 18.8. The van der Waals surface area contributed by atoms with Gasteiger partial charge in [0.15, 0.2) is 15.6 Å². The number of rotatable bonds is 8. The fourth-order valence-electron chi connectivity index (χ4n) is 1.30. The van der Waals surface area contributed by atoms with Gasteiger partial charge in [-0.1, -0.05) is 39.4 Å². The normalized spacial score (nSPS) is 17.1. The van der Waals surface area contributed by atoms with Crippen molar-refractivity contribution < 1.29 is 29.9 Å². The molecule has 174 valence electrons. The molecule has 0 rings (SSSR count). The van der Waals surface area contributed by atoms with Gasteiger partial charge in [-0.15, -0.1) is 0 Å². The average molecular weight is 460 g/mol. The number of allylic oxidation sites excluding steroid dienone is 4. The summed E-state index contributed by atoms with van der Waals surface area (Å²) < 4.78 is 88.9. The van der Waals surface area contributed by atoms with E-state index in [4.69, 9.17) is 8.22 Å². The molecule has 0 amide bonds. The maximum absolute atomic E-state index is 11.1. The highest BCUT2D eigenvalue weighted by Gasteiger charge is 2.09. The van der Waals surface area contributed by atoms with Gasteiger partial charge in [0.05, 0.1) is 13.5 Å². The Morgan fingerprint density at radius 1 is 0.897 bits per heavy atom. The van der Waals surface area contributed by atoms with Crippen LogP contribution in [-0.4, -0.2) is 33.9 Å². The molecule has 0 fully saturated rings. The molecule has 0 saturated heterocycles. The van der Waals surface area contributed by atoms with E-state index >= 15 is 0 Å². The van der Waals surface area contributed by atoms with Gasteiger partial charge < -0.3 is 0 Å². The lowest BCUT2D eigenvalue weighted by molar-refractivity contribution is -0.115. The Morgan fingerprint density at radius 2 is 1.34 bits per heavy atom. The van der Waals surface area contributed by atoms with Crippen molar-refractivity contribution in [3.05, 3.63) is 35.0 Å². The molecule has 0 spiro atoms. The highest BCUT2D eigenvalue weighted by molar-refractivity contribution is 7.94. The van der Waals surface area contributed by atoms with Crippen LogP contribution in [0.2, 0.25) is 0 Å². The zero-order chi connectivity index (χ0) is 28.2. The summed E-state index contributed by atoms with van der Waals surface area (Å²) in [5.74, 6) is 0.0368. The van der Waals surface area contributed by atoms with E-state index in [2.05, 4.69) is 4.72 Å². The summed E-state index contributed by atoms with van der Waals surface area (Å²) in [7, 11) is -7.27. The summed E-state index contributed by atoms with van der Waals surface area (Å²) in [4.78, 5) is 11.0. The molecule has 0 unspecified atom stereocenters. The lowest BCUT2D eigenvalue weighted by atomic mass is 10.1. The molecule has 6 nitrogen and oxygen atoms in total. The number of sulfone groups is 1. The maximum Gasteiger partial charge on any atom is 0.233 e. The Hall–Kier alpha value is -1.25. The van der Waals surface area contributed by atoms with E-state index in [9.17, 15) is 21.6 Å². The molecule has 0 saturated carbocycles. The van der Waals surface area contributed by atoms with E-state index in [1.54, 1.807) is 13.8 Å². The van der Waals surface area contributed by atoms with Crippen LogP contribution in [0.1, 0.15) is 84.4 Å². The van der Waals surface area contributed by atoms with Crippen LogP contribution >= 0.6 is 0 Å². The first-order valence-electron chi connectivity index (χ1n) is 11.7. The second-order valence-corrected chi connectivity index (χ2v) is 10.2. The first kappa shape index (κ1) is 22.4. The minimum Gasteiger partial charge on any atom is -0.295 e. The predicted molar refractivity (Wildman–Crippen MR) is 127 cm³/mol. The van der Waals surface area contributed by atoms with E-state index < -0.39 is 35.9 Å². The van der Waals surface area contributed by atoms with Crippen molar-refractivity contribution in [2.24, 2.45) is 5.92 Å². The summed E-state index contributed by atoms with van der Waals surface area (Å²) in [6.45, 7) is 14.2. The maximum atomic E-state index is 11.1. The third-order valence-corrected chi connectivity index (χ3v) is 5.33. The van der Waals surface area contributed by atoms with E-state index in [1.165, 1.54) is 34.6 Å². The fourth-order valence-corrected chi connectivity index (χ4v) is 2.76. The van der Waals surface area contributed by atoms with E-state index in [-0.39, 0.29) is 49.4 Å². The number of ketones is 1. The Balaban J connectivity index is -0.000000203. The van der Waals surface area contributed by atoms with Crippen LogP contribution in [0.5, 0.6) is 0 Å². The number of carbonyl (C=O) groups is 1. The summed E-state index contributed by atoms with van der Waals surface area (Å²) in [6, 6.07) is -0.828. The number of carbonyl (C=O) groups excluding carboxylic acids is 1. The molecule has 0 heterocycles. The Bertz CT molecular complexity index is 972. The molecule has 0 aliphatic carbocycles. The molecule has 1 N–H and O–H groups in total. The quantitative estimate of drug-likeness (QED) is 0.515. The largest absolute Gasteiger partial charge is 0.295 e. The van der Waals surface area contributed by atoms with Gasteiger partial charge in [0.1, 0.15) is 0 Å². The highest BCUT2D eigenvalue weighted by atomic mass is 32.2. The van der Waals surface area contributed by atoms with Crippen molar-refractivity contribution in [2.45, 2.75) is 87.5 Å². The van der Waals surface area contributed by atoms with Crippen LogP contribution in [-0.2, 0) is 24.7 Å². The van der Waals surface area contributed by atoms with Crippen molar-refractivity contribution in [1.82, 2.24) is 4.72 Å². The van der Waals surface area contributed by atoms with Crippen LogP contribution in [0.25, 0.3) is 0 Å². The monoisotopic (exact) mass is 459 g/mol. The second-order valence-electron chi connectivity index (χ2n) is 6.47. The third kappa shape index (κ3) is 26.8. The van der Waals surface area contributed by atoms with Crippen molar-refractivity contribution in [3.63, 3.8) is 0 Å². The van der Waals surface area contributed by atoms with Crippen LogP contribution in [0, 0.1) is 5.92 Å². The molecule has 0 aliphatic heterocycles. The topological polar surface area (TPSA) is 97.4 Å². The number of nitrogens with one attached hydrogen (secondary N) is 1.